The molecule has 0 aliphatic heterocycles. The third-order valence-corrected chi connectivity index (χ3v) is 4.26. The fourth-order valence-corrected chi connectivity index (χ4v) is 2.90. The Balaban J connectivity index is 2.32. The normalized spacial score (nSPS) is 10.3. The number of nitro groups is 1. The summed E-state index contributed by atoms with van der Waals surface area (Å²) in [7, 11) is 0. The maximum atomic E-state index is 12.5. The van der Waals surface area contributed by atoms with Crippen LogP contribution >= 0.6 is 11.3 Å². The number of hydrogen-bond acceptors (Lipinski definition) is 7. The molecule has 0 unspecified atom stereocenters. The number of hydrogen-bond donors (Lipinski definition) is 3. The number of anilines is 2. The zero-order valence-corrected chi connectivity index (χ0v) is 15.0. The van der Waals surface area contributed by atoms with Gasteiger partial charge in [0, 0.05) is 17.7 Å². The molecule has 0 radical (unpaired) electrons. The molecule has 0 aliphatic carbocycles. The predicted molar refractivity (Wildman–Crippen MR) is 98.0 cm³/mol. The van der Waals surface area contributed by atoms with Crippen molar-refractivity contribution in [2.24, 2.45) is 0 Å². The van der Waals surface area contributed by atoms with E-state index in [-0.39, 0.29) is 39.3 Å². The molecule has 1 aromatic heterocycles. The van der Waals surface area contributed by atoms with Gasteiger partial charge < -0.3 is 10.4 Å². The van der Waals surface area contributed by atoms with Gasteiger partial charge in [0.25, 0.3) is 5.91 Å². The topological polar surface area (TPSA) is 152 Å². The molecule has 2 amide bonds. The van der Waals surface area contributed by atoms with E-state index in [0.29, 0.717) is 17.8 Å². The lowest BCUT2D eigenvalue weighted by Gasteiger charge is -2.14. The lowest BCUT2D eigenvalue weighted by Crippen LogP contribution is -2.19. The summed E-state index contributed by atoms with van der Waals surface area (Å²) in [5.74, 6) is -2.15. The monoisotopic (exact) mass is 392 g/mol. The molecular formula is C16H16N4O6S. The van der Waals surface area contributed by atoms with Crippen molar-refractivity contribution in [3.63, 3.8) is 0 Å². The fourth-order valence-electron chi connectivity index (χ4n) is 2.27. The summed E-state index contributed by atoms with van der Waals surface area (Å²) in [6, 6.07) is 4.42. The highest BCUT2D eigenvalue weighted by atomic mass is 32.1. The van der Waals surface area contributed by atoms with Gasteiger partial charge in [-0.2, -0.15) is 0 Å². The molecule has 0 bridgehead atoms. The smallest absolute Gasteiger partial charge is 0.345 e. The SMILES string of the molecule is CCCC(=O)Nc1cccc(C(=O)Nc2ncc([N+](=O)[O-])s2)c1CC(=O)O. The van der Waals surface area contributed by atoms with E-state index >= 15 is 0 Å². The van der Waals surface area contributed by atoms with Crippen molar-refractivity contribution < 1.29 is 24.4 Å². The van der Waals surface area contributed by atoms with Gasteiger partial charge in [-0.3, -0.25) is 29.8 Å². The maximum absolute atomic E-state index is 12.5. The van der Waals surface area contributed by atoms with E-state index in [1.54, 1.807) is 0 Å². The minimum atomic E-state index is -1.17. The minimum Gasteiger partial charge on any atom is -0.481 e. The van der Waals surface area contributed by atoms with Gasteiger partial charge in [-0.1, -0.05) is 13.0 Å². The highest BCUT2D eigenvalue weighted by Gasteiger charge is 2.20. The number of carboxylic acids is 1. The Labute approximate surface area is 157 Å². The molecule has 10 nitrogen and oxygen atoms in total. The maximum Gasteiger partial charge on any atom is 0.345 e. The number of carboxylic acid groups (broad SMARTS) is 1. The molecule has 0 fully saturated rings. The summed E-state index contributed by atoms with van der Waals surface area (Å²) in [5, 5.41) is 24.7. The Kier molecular flexibility index (Phi) is 6.55. The van der Waals surface area contributed by atoms with Gasteiger partial charge in [0.1, 0.15) is 6.20 Å². The van der Waals surface area contributed by atoms with Crippen LogP contribution in [0.5, 0.6) is 0 Å². The summed E-state index contributed by atoms with van der Waals surface area (Å²) in [5.41, 5.74) is 0.399. The second-order valence-electron chi connectivity index (χ2n) is 5.42. The molecular weight excluding hydrogens is 376 g/mol. The number of benzene rings is 1. The summed E-state index contributed by atoms with van der Waals surface area (Å²) in [4.78, 5) is 49.4. The number of aromatic nitrogens is 1. The average molecular weight is 392 g/mol. The molecule has 1 heterocycles. The Hall–Kier alpha value is -3.34. The van der Waals surface area contributed by atoms with Crippen molar-refractivity contribution >= 4 is 44.9 Å². The van der Waals surface area contributed by atoms with Crippen LogP contribution in [0, 0.1) is 10.1 Å². The molecule has 0 saturated heterocycles. The Morgan fingerprint density at radius 2 is 2.04 bits per heavy atom. The van der Waals surface area contributed by atoms with Crippen LogP contribution in [-0.4, -0.2) is 32.8 Å². The first-order chi connectivity index (χ1) is 12.8. The van der Waals surface area contributed by atoms with Crippen LogP contribution < -0.4 is 10.6 Å². The second kappa shape index (κ2) is 8.85. The van der Waals surface area contributed by atoms with E-state index in [1.165, 1.54) is 18.2 Å². The Bertz CT molecular complexity index is 895. The molecule has 142 valence electrons. The van der Waals surface area contributed by atoms with E-state index in [0.717, 1.165) is 6.20 Å². The molecule has 1 aromatic carbocycles. The minimum absolute atomic E-state index is 0.00777. The fraction of sp³-hybridized carbons (Fsp3) is 0.250. The van der Waals surface area contributed by atoms with E-state index < -0.39 is 23.2 Å². The molecule has 3 N–H and O–H groups in total. The molecule has 11 heteroatoms. The van der Waals surface area contributed by atoms with E-state index in [2.05, 4.69) is 15.6 Å². The van der Waals surface area contributed by atoms with Crippen LogP contribution in [0.25, 0.3) is 0 Å². The third-order valence-electron chi connectivity index (χ3n) is 3.39. The van der Waals surface area contributed by atoms with Crippen molar-refractivity contribution in [3.05, 3.63) is 45.6 Å². The summed E-state index contributed by atoms with van der Waals surface area (Å²) in [6.07, 6.45) is 1.40. The van der Waals surface area contributed by atoms with E-state index in [4.69, 9.17) is 5.11 Å². The van der Waals surface area contributed by atoms with Gasteiger partial charge in [0.2, 0.25) is 5.91 Å². The quantitative estimate of drug-likeness (QED) is 0.461. The number of nitrogens with zero attached hydrogens (tertiary/aromatic N) is 2. The van der Waals surface area contributed by atoms with Crippen molar-refractivity contribution in [1.82, 2.24) is 4.98 Å². The van der Waals surface area contributed by atoms with Crippen LogP contribution in [0.1, 0.15) is 35.7 Å². The Morgan fingerprint density at radius 3 is 2.63 bits per heavy atom. The van der Waals surface area contributed by atoms with Crippen LogP contribution in [0.4, 0.5) is 15.8 Å². The first-order valence-electron chi connectivity index (χ1n) is 7.87. The standard InChI is InChI=1S/C16H16N4O6S/c1-2-4-12(21)18-11-6-3-5-9(10(11)7-14(22)23)15(24)19-16-17-8-13(27-16)20(25)26/h3,5-6,8H,2,4,7H2,1H3,(H,18,21)(H,22,23)(H,17,19,24). The second-order valence-corrected chi connectivity index (χ2v) is 6.42. The van der Waals surface area contributed by atoms with E-state index in [9.17, 15) is 24.5 Å². The van der Waals surface area contributed by atoms with Crippen LogP contribution in [-0.2, 0) is 16.0 Å². The molecule has 27 heavy (non-hydrogen) atoms. The van der Waals surface area contributed by atoms with Crippen molar-refractivity contribution in [1.29, 1.82) is 0 Å². The molecule has 2 aromatic rings. The zero-order chi connectivity index (χ0) is 20.0. The van der Waals surface area contributed by atoms with Crippen molar-refractivity contribution in [2.45, 2.75) is 26.2 Å². The van der Waals surface area contributed by atoms with Crippen LogP contribution in [0.2, 0.25) is 0 Å². The lowest BCUT2D eigenvalue weighted by atomic mass is 10.0. The zero-order valence-electron chi connectivity index (χ0n) is 14.2. The van der Waals surface area contributed by atoms with Gasteiger partial charge in [-0.25, -0.2) is 4.98 Å². The number of thiazole rings is 1. The third kappa shape index (κ3) is 5.31. The van der Waals surface area contributed by atoms with Gasteiger partial charge in [0.05, 0.1) is 11.3 Å². The average Bonchev–Trinajstić information content (AvgIpc) is 3.05. The number of nitrogens with one attached hydrogen (secondary N) is 2. The number of amides is 2. The summed E-state index contributed by atoms with van der Waals surface area (Å²) < 4.78 is 0. The van der Waals surface area contributed by atoms with Gasteiger partial charge in [0.15, 0.2) is 5.13 Å². The van der Waals surface area contributed by atoms with Crippen LogP contribution in [0.15, 0.2) is 24.4 Å². The highest BCUT2D eigenvalue weighted by Crippen LogP contribution is 2.27. The molecule has 2 rings (SSSR count). The molecule has 0 aliphatic rings. The Morgan fingerprint density at radius 1 is 1.30 bits per heavy atom. The van der Waals surface area contributed by atoms with Gasteiger partial charge in [-0.15, -0.1) is 0 Å². The van der Waals surface area contributed by atoms with Crippen molar-refractivity contribution in [2.75, 3.05) is 10.6 Å². The predicted octanol–water partition coefficient (Wildman–Crippen LogP) is 2.67. The summed E-state index contributed by atoms with van der Waals surface area (Å²) >= 11 is 0.677. The largest absolute Gasteiger partial charge is 0.481 e. The first-order valence-corrected chi connectivity index (χ1v) is 8.68. The van der Waals surface area contributed by atoms with Crippen LogP contribution in [0.3, 0.4) is 0 Å². The molecule has 0 atom stereocenters. The molecule has 0 saturated carbocycles. The lowest BCUT2D eigenvalue weighted by molar-refractivity contribution is -0.380. The number of aliphatic carboxylic acids is 1. The molecule has 0 spiro atoms. The van der Waals surface area contributed by atoms with Crippen molar-refractivity contribution in [3.8, 4) is 0 Å². The summed E-state index contributed by atoms with van der Waals surface area (Å²) in [6.45, 7) is 1.83. The first kappa shape index (κ1) is 20.0. The van der Waals surface area contributed by atoms with Gasteiger partial charge in [-0.05, 0) is 35.5 Å². The number of carbonyl (C=O) groups is 3. The highest BCUT2D eigenvalue weighted by molar-refractivity contribution is 7.18. The number of carbonyl (C=O) groups excluding carboxylic acids is 2. The van der Waals surface area contributed by atoms with Gasteiger partial charge >= 0.3 is 11.0 Å². The number of rotatable bonds is 8. The van der Waals surface area contributed by atoms with E-state index in [1.807, 2.05) is 6.92 Å².